The smallest absolute Gasteiger partial charge is 0.0469 e. The number of hydrogen-bond acceptors (Lipinski definition) is 2. The maximum atomic E-state index is 6.08. The van der Waals surface area contributed by atoms with E-state index in [1.807, 2.05) is 32.0 Å². The van der Waals surface area contributed by atoms with Crippen molar-refractivity contribution in [2.45, 2.75) is 32.7 Å². The number of hydrazine groups is 1. The van der Waals surface area contributed by atoms with Gasteiger partial charge in [0.15, 0.2) is 0 Å². The zero-order valence-corrected chi connectivity index (χ0v) is 10.4. The van der Waals surface area contributed by atoms with Crippen LogP contribution in [0, 0.1) is 18.8 Å². The Bertz CT molecular complexity index is 404. The second-order valence-corrected chi connectivity index (χ2v) is 4.10. The molecule has 1 unspecified atom stereocenters. The lowest BCUT2D eigenvalue weighted by Gasteiger charge is -2.15. The van der Waals surface area contributed by atoms with Gasteiger partial charge >= 0.3 is 0 Å². The van der Waals surface area contributed by atoms with Crippen LogP contribution >= 0.6 is 11.6 Å². The SMILES string of the molecule is CC#CCCC(NN)c1ccc(C)c(Cl)c1. The van der Waals surface area contributed by atoms with E-state index >= 15 is 0 Å². The fourth-order valence-corrected chi connectivity index (χ4v) is 1.70. The van der Waals surface area contributed by atoms with Crippen molar-refractivity contribution in [2.24, 2.45) is 5.84 Å². The van der Waals surface area contributed by atoms with Crippen LogP contribution in [0.4, 0.5) is 0 Å². The first-order chi connectivity index (χ1) is 7.69. The molecule has 1 atom stereocenters. The maximum absolute atomic E-state index is 6.08. The molecule has 2 nitrogen and oxygen atoms in total. The highest BCUT2D eigenvalue weighted by Gasteiger charge is 2.09. The van der Waals surface area contributed by atoms with E-state index in [9.17, 15) is 0 Å². The normalized spacial score (nSPS) is 11.8. The van der Waals surface area contributed by atoms with Gasteiger partial charge in [0.05, 0.1) is 0 Å². The third kappa shape index (κ3) is 3.53. The monoisotopic (exact) mass is 236 g/mol. The molecule has 1 rings (SSSR count). The van der Waals surface area contributed by atoms with Crippen molar-refractivity contribution in [3.8, 4) is 11.8 Å². The summed E-state index contributed by atoms with van der Waals surface area (Å²) in [6.45, 7) is 3.83. The number of rotatable bonds is 4. The van der Waals surface area contributed by atoms with Crippen LogP contribution < -0.4 is 11.3 Å². The van der Waals surface area contributed by atoms with Crippen LogP contribution in [0.2, 0.25) is 5.02 Å². The molecule has 0 aliphatic carbocycles. The van der Waals surface area contributed by atoms with E-state index in [2.05, 4.69) is 17.3 Å². The second-order valence-electron chi connectivity index (χ2n) is 3.69. The summed E-state index contributed by atoms with van der Waals surface area (Å²) in [6, 6.07) is 6.12. The van der Waals surface area contributed by atoms with Gasteiger partial charge in [-0.1, -0.05) is 23.7 Å². The highest BCUT2D eigenvalue weighted by Crippen LogP contribution is 2.23. The quantitative estimate of drug-likeness (QED) is 0.479. The average molecular weight is 237 g/mol. The van der Waals surface area contributed by atoms with Gasteiger partial charge in [-0.3, -0.25) is 11.3 Å². The molecule has 0 bridgehead atoms. The molecule has 0 saturated carbocycles. The summed E-state index contributed by atoms with van der Waals surface area (Å²) in [4.78, 5) is 0. The highest BCUT2D eigenvalue weighted by molar-refractivity contribution is 6.31. The Hall–Kier alpha value is -1.01. The van der Waals surface area contributed by atoms with Crippen molar-refractivity contribution in [2.75, 3.05) is 0 Å². The lowest BCUT2D eigenvalue weighted by atomic mass is 10.0. The van der Waals surface area contributed by atoms with E-state index in [1.165, 1.54) is 0 Å². The van der Waals surface area contributed by atoms with Gasteiger partial charge in [0, 0.05) is 17.5 Å². The first-order valence-electron chi connectivity index (χ1n) is 5.30. The maximum Gasteiger partial charge on any atom is 0.0469 e. The van der Waals surface area contributed by atoms with Crippen LogP contribution in [0.3, 0.4) is 0 Å². The summed E-state index contributed by atoms with van der Waals surface area (Å²) in [5, 5.41) is 0.777. The molecule has 0 radical (unpaired) electrons. The zero-order valence-electron chi connectivity index (χ0n) is 9.68. The minimum Gasteiger partial charge on any atom is -0.271 e. The van der Waals surface area contributed by atoms with Gasteiger partial charge < -0.3 is 0 Å². The molecular formula is C13H17ClN2. The molecule has 0 aliphatic rings. The summed E-state index contributed by atoms with van der Waals surface area (Å²) < 4.78 is 0. The van der Waals surface area contributed by atoms with Gasteiger partial charge in [-0.2, -0.15) is 0 Å². The van der Waals surface area contributed by atoms with Gasteiger partial charge in [-0.15, -0.1) is 11.8 Å². The van der Waals surface area contributed by atoms with Crippen LogP contribution in [-0.2, 0) is 0 Å². The molecular weight excluding hydrogens is 220 g/mol. The number of nitrogens with two attached hydrogens (primary N) is 1. The summed E-state index contributed by atoms with van der Waals surface area (Å²) in [6.07, 6.45) is 1.72. The fraction of sp³-hybridized carbons (Fsp3) is 0.385. The molecule has 3 N–H and O–H groups in total. The third-order valence-electron chi connectivity index (χ3n) is 2.53. The topological polar surface area (TPSA) is 38.0 Å². The van der Waals surface area contributed by atoms with E-state index in [0.29, 0.717) is 0 Å². The summed E-state index contributed by atoms with van der Waals surface area (Å²) in [5.74, 6) is 11.4. The first kappa shape index (κ1) is 13.1. The molecule has 16 heavy (non-hydrogen) atoms. The first-order valence-corrected chi connectivity index (χ1v) is 5.68. The van der Waals surface area contributed by atoms with Gasteiger partial charge in [0.25, 0.3) is 0 Å². The lowest BCUT2D eigenvalue weighted by Crippen LogP contribution is -2.27. The average Bonchev–Trinajstić information content (AvgIpc) is 2.29. The minimum absolute atomic E-state index is 0.110. The molecule has 1 aromatic carbocycles. The zero-order chi connectivity index (χ0) is 12.0. The van der Waals surface area contributed by atoms with E-state index in [0.717, 1.165) is 29.0 Å². The Kier molecular flexibility index (Phi) is 5.34. The van der Waals surface area contributed by atoms with Crippen molar-refractivity contribution in [3.05, 3.63) is 34.3 Å². The largest absolute Gasteiger partial charge is 0.271 e. The van der Waals surface area contributed by atoms with E-state index in [4.69, 9.17) is 17.4 Å². The van der Waals surface area contributed by atoms with Crippen LogP contribution in [0.5, 0.6) is 0 Å². The fourth-order valence-electron chi connectivity index (χ4n) is 1.51. The van der Waals surface area contributed by atoms with Crippen molar-refractivity contribution in [1.29, 1.82) is 0 Å². The molecule has 0 aliphatic heterocycles. The van der Waals surface area contributed by atoms with Gasteiger partial charge in [-0.25, -0.2) is 0 Å². The van der Waals surface area contributed by atoms with Crippen LogP contribution in [0.15, 0.2) is 18.2 Å². The molecule has 0 aromatic heterocycles. The van der Waals surface area contributed by atoms with E-state index in [-0.39, 0.29) is 6.04 Å². The van der Waals surface area contributed by atoms with Crippen LogP contribution in [0.1, 0.15) is 36.9 Å². The molecule has 3 heteroatoms. The number of nitrogens with one attached hydrogen (secondary N) is 1. The predicted molar refractivity (Wildman–Crippen MR) is 68.9 cm³/mol. The highest BCUT2D eigenvalue weighted by atomic mass is 35.5. The Labute approximate surface area is 102 Å². The summed E-state index contributed by atoms with van der Waals surface area (Å²) in [5.41, 5.74) is 4.98. The molecule has 0 spiro atoms. The van der Waals surface area contributed by atoms with Crippen molar-refractivity contribution in [1.82, 2.24) is 5.43 Å². The Morgan fingerprint density at radius 1 is 1.50 bits per heavy atom. The molecule has 0 heterocycles. The number of aryl methyl sites for hydroxylation is 1. The Balaban J connectivity index is 2.77. The second kappa shape index (κ2) is 6.55. The summed E-state index contributed by atoms with van der Waals surface area (Å²) in [7, 11) is 0. The molecule has 0 amide bonds. The van der Waals surface area contributed by atoms with Crippen molar-refractivity contribution >= 4 is 11.6 Å². The number of hydrogen-bond donors (Lipinski definition) is 2. The van der Waals surface area contributed by atoms with Gasteiger partial charge in [0.2, 0.25) is 0 Å². The third-order valence-corrected chi connectivity index (χ3v) is 2.94. The predicted octanol–water partition coefficient (Wildman–Crippen LogP) is 2.96. The van der Waals surface area contributed by atoms with E-state index < -0.39 is 0 Å². The molecule has 0 fully saturated rings. The van der Waals surface area contributed by atoms with Crippen molar-refractivity contribution in [3.63, 3.8) is 0 Å². The van der Waals surface area contributed by atoms with Crippen LogP contribution in [0.25, 0.3) is 0 Å². The standard InChI is InChI=1S/C13H17ClN2/c1-3-4-5-6-13(16-15)11-8-7-10(2)12(14)9-11/h7-9,13,16H,5-6,15H2,1-2H3. The van der Waals surface area contributed by atoms with E-state index in [1.54, 1.807) is 0 Å². The molecule has 0 saturated heterocycles. The minimum atomic E-state index is 0.110. The van der Waals surface area contributed by atoms with Crippen LogP contribution in [-0.4, -0.2) is 0 Å². The Morgan fingerprint density at radius 3 is 2.81 bits per heavy atom. The number of benzene rings is 1. The van der Waals surface area contributed by atoms with Crippen molar-refractivity contribution < 1.29 is 0 Å². The lowest BCUT2D eigenvalue weighted by molar-refractivity contribution is 0.524. The molecule has 1 aromatic rings. The van der Waals surface area contributed by atoms with Gasteiger partial charge in [0.1, 0.15) is 0 Å². The number of halogens is 1. The Morgan fingerprint density at radius 2 is 2.25 bits per heavy atom. The van der Waals surface area contributed by atoms with Gasteiger partial charge in [-0.05, 0) is 37.5 Å². The molecule has 86 valence electrons. The summed E-state index contributed by atoms with van der Waals surface area (Å²) >= 11 is 6.08.